The van der Waals surface area contributed by atoms with Crippen molar-refractivity contribution in [2.45, 2.75) is 39.5 Å². The number of hydrogen-bond acceptors (Lipinski definition) is 5. The van der Waals surface area contributed by atoms with E-state index in [2.05, 4.69) is 4.57 Å². The zero-order chi connectivity index (χ0) is 26.1. The third kappa shape index (κ3) is 3.63. The molecule has 0 aliphatic carbocycles. The maximum Gasteiger partial charge on any atom is 0.410 e. The lowest BCUT2D eigenvalue weighted by molar-refractivity contribution is -0.149. The van der Waals surface area contributed by atoms with Gasteiger partial charge in [-0.15, -0.1) is 0 Å². The van der Waals surface area contributed by atoms with Crippen molar-refractivity contribution in [1.29, 1.82) is 0 Å². The van der Waals surface area contributed by atoms with Crippen LogP contribution >= 0.6 is 0 Å². The van der Waals surface area contributed by atoms with Crippen molar-refractivity contribution < 1.29 is 23.9 Å². The first-order valence-electron chi connectivity index (χ1n) is 12.3. The van der Waals surface area contributed by atoms with Crippen LogP contribution in [0.4, 0.5) is 4.79 Å². The minimum atomic E-state index is -0.679. The first kappa shape index (κ1) is 23.1. The number of ether oxygens (including phenoxy) is 2. The molecule has 8 nitrogen and oxygen atoms in total. The molecular formula is C29H27N3O5. The van der Waals surface area contributed by atoms with E-state index in [1.165, 1.54) is 0 Å². The van der Waals surface area contributed by atoms with Crippen LogP contribution in [-0.2, 0) is 39.2 Å². The molecule has 37 heavy (non-hydrogen) atoms. The lowest BCUT2D eigenvalue weighted by Crippen LogP contribution is -2.41. The number of cyclic esters (lactones) is 2. The second-order valence-electron chi connectivity index (χ2n) is 10.5. The van der Waals surface area contributed by atoms with Crippen LogP contribution < -0.4 is 0 Å². The van der Waals surface area contributed by atoms with Crippen molar-refractivity contribution in [3.63, 3.8) is 0 Å². The van der Waals surface area contributed by atoms with Crippen LogP contribution in [0.25, 0.3) is 33.0 Å². The van der Waals surface area contributed by atoms with Gasteiger partial charge in [-0.2, -0.15) is 0 Å². The maximum atomic E-state index is 13.3. The summed E-state index contributed by atoms with van der Waals surface area (Å²) in [5, 5.41) is 1.69. The maximum absolute atomic E-state index is 13.3. The lowest BCUT2D eigenvalue weighted by Gasteiger charge is -2.31. The number of aromatic nitrogens is 2. The van der Waals surface area contributed by atoms with Crippen LogP contribution in [0, 0.1) is 0 Å². The van der Waals surface area contributed by atoms with E-state index < -0.39 is 23.6 Å². The Bertz CT molecular complexity index is 1660. The molecular weight excluding hydrogens is 470 g/mol. The SMILES string of the molecule is Cn1cc(C2=C(c3c4n(c5ccccc35)CCN(C(=O)OC(C)(C)C)C4)C(=O)OC2=O)c2ccccc21. The topological polar surface area (TPSA) is 82.8 Å². The summed E-state index contributed by atoms with van der Waals surface area (Å²) in [4.78, 5) is 41.1. The molecule has 2 aromatic heterocycles. The van der Waals surface area contributed by atoms with Crippen molar-refractivity contribution in [2.24, 2.45) is 7.05 Å². The quantitative estimate of drug-likeness (QED) is 0.291. The molecule has 0 fully saturated rings. The van der Waals surface area contributed by atoms with Crippen LogP contribution in [-0.4, -0.2) is 44.2 Å². The molecule has 188 valence electrons. The van der Waals surface area contributed by atoms with Gasteiger partial charge < -0.3 is 23.5 Å². The van der Waals surface area contributed by atoms with Gasteiger partial charge in [0.15, 0.2) is 0 Å². The highest BCUT2D eigenvalue weighted by Crippen LogP contribution is 2.43. The predicted octanol–water partition coefficient (Wildman–Crippen LogP) is 4.88. The number of fused-ring (bicyclic) bond motifs is 4. The third-order valence-corrected chi connectivity index (χ3v) is 6.92. The number of rotatable bonds is 2. The predicted molar refractivity (Wildman–Crippen MR) is 139 cm³/mol. The van der Waals surface area contributed by atoms with Gasteiger partial charge in [-0.3, -0.25) is 0 Å². The van der Waals surface area contributed by atoms with Crippen molar-refractivity contribution in [3.8, 4) is 0 Å². The second-order valence-corrected chi connectivity index (χ2v) is 10.5. The number of aryl methyl sites for hydroxylation is 1. The fourth-order valence-electron chi connectivity index (χ4n) is 5.42. The van der Waals surface area contributed by atoms with Gasteiger partial charge in [-0.1, -0.05) is 36.4 Å². The van der Waals surface area contributed by atoms with Gasteiger partial charge in [0.2, 0.25) is 0 Å². The summed E-state index contributed by atoms with van der Waals surface area (Å²) >= 11 is 0. The minimum absolute atomic E-state index is 0.234. The average molecular weight is 498 g/mol. The van der Waals surface area contributed by atoms with E-state index in [1.54, 1.807) is 4.90 Å². The molecule has 0 saturated carbocycles. The highest BCUT2D eigenvalue weighted by molar-refractivity contribution is 6.47. The first-order chi connectivity index (χ1) is 17.6. The normalized spacial score (nSPS) is 16.1. The number of esters is 2. The summed E-state index contributed by atoms with van der Waals surface area (Å²) in [7, 11) is 1.91. The molecule has 4 heterocycles. The lowest BCUT2D eigenvalue weighted by atomic mass is 9.93. The largest absolute Gasteiger partial charge is 0.444 e. The molecule has 0 saturated heterocycles. The summed E-state index contributed by atoms with van der Waals surface area (Å²) < 4.78 is 14.9. The third-order valence-electron chi connectivity index (χ3n) is 6.92. The van der Waals surface area contributed by atoms with E-state index in [4.69, 9.17) is 9.47 Å². The Balaban J connectivity index is 1.59. The summed E-state index contributed by atoms with van der Waals surface area (Å²) in [5.74, 6) is -1.35. The first-order valence-corrected chi connectivity index (χ1v) is 12.3. The molecule has 0 bridgehead atoms. The van der Waals surface area contributed by atoms with E-state index in [1.807, 2.05) is 87.1 Å². The summed E-state index contributed by atoms with van der Waals surface area (Å²) in [6.07, 6.45) is 1.45. The highest BCUT2D eigenvalue weighted by atomic mass is 16.6. The van der Waals surface area contributed by atoms with Crippen LogP contribution in [0.1, 0.15) is 37.6 Å². The Morgan fingerprint density at radius 2 is 1.54 bits per heavy atom. The molecule has 0 radical (unpaired) electrons. The van der Waals surface area contributed by atoms with Crippen molar-refractivity contribution in [3.05, 3.63) is 71.5 Å². The van der Waals surface area contributed by atoms with Crippen LogP contribution in [0.15, 0.2) is 54.7 Å². The zero-order valence-corrected chi connectivity index (χ0v) is 21.2. The smallest absolute Gasteiger partial charge is 0.410 e. The van der Waals surface area contributed by atoms with Crippen molar-refractivity contribution >= 4 is 51.0 Å². The molecule has 2 aromatic carbocycles. The Hall–Kier alpha value is -4.33. The number of hydrogen-bond donors (Lipinski definition) is 0. The number of amides is 1. The standard InChI is InChI=1S/C29H27N3O5/c1-29(2,3)37-28(35)31-13-14-32-21-12-8-6-10-18(21)23(22(32)16-31)25-24(26(33)36-27(25)34)19-15-30(4)20-11-7-5-9-17(19)20/h5-12,15H,13-14,16H2,1-4H3. The average Bonchev–Trinajstić information content (AvgIpc) is 3.45. The monoisotopic (exact) mass is 497 g/mol. The molecule has 0 spiro atoms. The number of carbonyl (C=O) groups is 3. The second kappa shape index (κ2) is 8.09. The van der Waals surface area contributed by atoms with E-state index in [0.717, 1.165) is 27.5 Å². The number of carbonyl (C=O) groups excluding carboxylic acids is 3. The highest BCUT2D eigenvalue weighted by Gasteiger charge is 2.40. The Morgan fingerprint density at radius 1 is 0.892 bits per heavy atom. The van der Waals surface area contributed by atoms with Gasteiger partial charge in [0.25, 0.3) is 0 Å². The van der Waals surface area contributed by atoms with Crippen LogP contribution in [0.5, 0.6) is 0 Å². The molecule has 8 heteroatoms. The molecule has 1 amide bonds. The molecule has 0 N–H and O–H groups in total. The molecule has 0 unspecified atom stereocenters. The van der Waals surface area contributed by atoms with Gasteiger partial charge in [0.1, 0.15) is 5.60 Å². The zero-order valence-electron chi connectivity index (χ0n) is 21.2. The van der Waals surface area contributed by atoms with Crippen molar-refractivity contribution in [2.75, 3.05) is 6.54 Å². The molecule has 4 aromatic rings. The molecule has 6 rings (SSSR count). The summed E-state index contributed by atoms with van der Waals surface area (Å²) in [6, 6.07) is 15.5. The van der Waals surface area contributed by atoms with Gasteiger partial charge in [0.05, 0.1) is 17.7 Å². The van der Waals surface area contributed by atoms with Gasteiger partial charge in [0, 0.05) is 65.0 Å². The number of nitrogens with zero attached hydrogens (tertiary/aromatic N) is 3. The van der Waals surface area contributed by atoms with E-state index >= 15 is 0 Å². The van der Waals surface area contributed by atoms with Crippen LogP contribution in [0.3, 0.4) is 0 Å². The Morgan fingerprint density at radius 3 is 2.27 bits per heavy atom. The molecule has 2 aliphatic heterocycles. The summed E-state index contributed by atoms with van der Waals surface area (Å²) in [5.41, 5.74) is 3.78. The summed E-state index contributed by atoms with van der Waals surface area (Å²) in [6.45, 7) is 6.75. The molecule has 2 aliphatic rings. The van der Waals surface area contributed by atoms with Gasteiger partial charge >= 0.3 is 18.0 Å². The van der Waals surface area contributed by atoms with E-state index in [9.17, 15) is 14.4 Å². The van der Waals surface area contributed by atoms with Gasteiger partial charge in [-0.05, 0) is 32.9 Å². The van der Waals surface area contributed by atoms with Gasteiger partial charge in [-0.25, -0.2) is 14.4 Å². The fraction of sp³-hybridized carbons (Fsp3) is 0.276. The number of benzene rings is 2. The minimum Gasteiger partial charge on any atom is -0.444 e. The Labute approximate surface area is 213 Å². The Kier molecular flexibility index (Phi) is 5.05. The fourth-order valence-corrected chi connectivity index (χ4v) is 5.42. The van der Waals surface area contributed by atoms with Crippen molar-refractivity contribution in [1.82, 2.24) is 14.0 Å². The van der Waals surface area contributed by atoms with E-state index in [-0.39, 0.29) is 17.7 Å². The molecule has 0 atom stereocenters. The van der Waals surface area contributed by atoms with E-state index in [0.29, 0.717) is 24.2 Å². The van der Waals surface area contributed by atoms with Crippen LogP contribution in [0.2, 0.25) is 0 Å². The number of para-hydroxylation sites is 2.